The summed E-state index contributed by atoms with van der Waals surface area (Å²) >= 11 is 0. The van der Waals surface area contributed by atoms with E-state index in [0.29, 0.717) is 11.6 Å². The number of fused-ring (bicyclic) bond motifs is 1. The molecule has 3 heterocycles. The highest BCUT2D eigenvalue weighted by atomic mass is 15.5. The molecule has 7 heteroatoms. The van der Waals surface area contributed by atoms with Crippen LogP contribution in [0, 0.1) is 12.3 Å². The summed E-state index contributed by atoms with van der Waals surface area (Å²) in [6.45, 7) is 14.5. The third-order valence-corrected chi connectivity index (χ3v) is 5.38. The highest BCUT2D eigenvalue weighted by Crippen LogP contribution is 2.31. The zero-order valence-electron chi connectivity index (χ0n) is 19.1. The van der Waals surface area contributed by atoms with Crippen LogP contribution in [-0.2, 0) is 0 Å². The summed E-state index contributed by atoms with van der Waals surface area (Å²) in [5.74, 6) is 2.35. The van der Waals surface area contributed by atoms with Gasteiger partial charge in [0.05, 0.1) is 17.1 Å². The summed E-state index contributed by atoms with van der Waals surface area (Å²) in [6, 6.07) is 14.0. The summed E-state index contributed by atoms with van der Waals surface area (Å²) in [7, 11) is 0. The number of aliphatic imine (C=N–C) groups is 1. The molecule has 0 fully saturated rings. The van der Waals surface area contributed by atoms with Gasteiger partial charge >= 0.3 is 0 Å². The van der Waals surface area contributed by atoms with Crippen molar-refractivity contribution in [3.05, 3.63) is 54.0 Å². The number of nitrogens with zero attached hydrogens (tertiary/aromatic N) is 7. The van der Waals surface area contributed by atoms with E-state index in [2.05, 4.69) is 49.7 Å². The summed E-state index contributed by atoms with van der Waals surface area (Å²) < 4.78 is 1.81. The Hall–Kier alpha value is -3.35. The fourth-order valence-corrected chi connectivity index (χ4v) is 3.65. The smallest absolute Gasteiger partial charge is 0.205 e. The second-order valence-corrected chi connectivity index (χ2v) is 8.63. The van der Waals surface area contributed by atoms with E-state index in [1.807, 2.05) is 54.1 Å². The van der Waals surface area contributed by atoms with Crippen molar-refractivity contribution < 1.29 is 0 Å². The first-order valence-corrected chi connectivity index (χ1v) is 10.8. The van der Waals surface area contributed by atoms with Crippen LogP contribution in [0.5, 0.6) is 0 Å². The molecule has 0 aliphatic carbocycles. The fourth-order valence-electron chi connectivity index (χ4n) is 3.65. The van der Waals surface area contributed by atoms with Gasteiger partial charge in [-0.15, -0.1) is 10.2 Å². The Balaban J connectivity index is 1.81. The minimum absolute atomic E-state index is 0.198. The molecule has 0 radical (unpaired) electrons. The fraction of sp³-hybridized carbons (Fsp3) is 0.375. The summed E-state index contributed by atoms with van der Waals surface area (Å²) in [6.07, 6.45) is 0. The first kappa shape index (κ1) is 20.9. The Morgan fingerprint density at radius 2 is 1.61 bits per heavy atom. The molecule has 0 N–H and O–H groups in total. The summed E-state index contributed by atoms with van der Waals surface area (Å²) in [5, 5.41) is 13.7. The molecule has 1 aliphatic rings. The van der Waals surface area contributed by atoms with Crippen LogP contribution in [0.3, 0.4) is 0 Å². The van der Waals surface area contributed by atoms with Crippen LogP contribution in [0.1, 0.15) is 46.1 Å². The lowest BCUT2D eigenvalue weighted by Crippen LogP contribution is -2.27. The Morgan fingerprint density at radius 3 is 2.23 bits per heavy atom. The normalized spacial score (nSPS) is 14.6. The van der Waals surface area contributed by atoms with Gasteiger partial charge in [0.15, 0.2) is 5.82 Å². The van der Waals surface area contributed by atoms with Crippen molar-refractivity contribution >= 4 is 22.9 Å². The molecular weight excluding hydrogens is 386 g/mol. The van der Waals surface area contributed by atoms with Crippen molar-refractivity contribution in [2.75, 3.05) is 18.0 Å². The molecule has 0 saturated heterocycles. The van der Waals surface area contributed by atoms with Gasteiger partial charge in [-0.1, -0.05) is 51.1 Å². The third-order valence-electron chi connectivity index (χ3n) is 5.38. The average molecular weight is 416 g/mol. The van der Waals surface area contributed by atoms with E-state index in [1.165, 1.54) is 0 Å². The van der Waals surface area contributed by atoms with Crippen LogP contribution < -0.4 is 4.90 Å². The lowest BCUT2D eigenvalue weighted by Gasteiger charge is -2.20. The van der Waals surface area contributed by atoms with Gasteiger partial charge in [0.25, 0.3) is 0 Å². The number of hydrogen-bond donors (Lipinski definition) is 0. The Morgan fingerprint density at radius 1 is 0.935 bits per heavy atom. The van der Waals surface area contributed by atoms with Crippen molar-refractivity contribution in [2.45, 2.75) is 41.5 Å². The molecule has 1 aliphatic heterocycles. The monoisotopic (exact) mass is 415 g/mol. The standard InChI is InChI=1S/C24H29N7/c1-7-30(8-2)19-15-14-18(16(3)25-19)26-20-21(24(4,5)6)29-31-22(27-28-23(20)31)17-12-10-9-11-13-17/h9-15H,7-8H2,1-6H3/b26-20+. The van der Waals surface area contributed by atoms with E-state index in [1.54, 1.807) is 0 Å². The highest BCUT2D eigenvalue weighted by molar-refractivity contribution is 6.50. The SMILES string of the molecule is CCN(CC)c1ccc(/N=C2\C(C(C)(C)C)=Nn3c2nnc3-c2ccccc2)c(C)n1. The van der Waals surface area contributed by atoms with Crippen molar-refractivity contribution in [3.63, 3.8) is 0 Å². The third kappa shape index (κ3) is 3.87. The lowest BCUT2D eigenvalue weighted by atomic mass is 9.87. The Labute approximate surface area is 183 Å². The van der Waals surface area contributed by atoms with Crippen LogP contribution in [0.2, 0.25) is 0 Å². The maximum absolute atomic E-state index is 4.99. The van der Waals surface area contributed by atoms with Crippen LogP contribution in [-0.4, -0.2) is 44.4 Å². The lowest BCUT2D eigenvalue weighted by molar-refractivity contribution is 0.594. The Bertz CT molecular complexity index is 1150. The van der Waals surface area contributed by atoms with Gasteiger partial charge in [0.2, 0.25) is 5.82 Å². The van der Waals surface area contributed by atoms with Gasteiger partial charge in [-0.2, -0.15) is 9.78 Å². The zero-order valence-corrected chi connectivity index (χ0v) is 19.1. The predicted octanol–water partition coefficient (Wildman–Crippen LogP) is 4.88. The number of hydrogen-bond acceptors (Lipinski definition) is 6. The molecule has 0 unspecified atom stereocenters. The van der Waals surface area contributed by atoms with Gasteiger partial charge in [-0.3, -0.25) is 0 Å². The summed E-state index contributed by atoms with van der Waals surface area (Å²) in [5.41, 5.74) is 4.12. The molecule has 7 nitrogen and oxygen atoms in total. The number of pyridine rings is 1. The van der Waals surface area contributed by atoms with Gasteiger partial charge in [0.1, 0.15) is 11.5 Å². The topological polar surface area (TPSA) is 71.6 Å². The first-order valence-electron chi connectivity index (χ1n) is 10.8. The number of benzene rings is 1. The van der Waals surface area contributed by atoms with E-state index in [0.717, 1.165) is 47.3 Å². The molecule has 0 bridgehead atoms. The number of aryl methyl sites for hydroxylation is 1. The minimum Gasteiger partial charge on any atom is -0.357 e. The van der Waals surface area contributed by atoms with Crippen LogP contribution >= 0.6 is 0 Å². The van der Waals surface area contributed by atoms with Gasteiger partial charge < -0.3 is 4.90 Å². The van der Waals surface area contributed by atoms with E-state index < -0.39 is 0 Å². The number of aromatic nitrogens is 4. The van der Waals surface area contributed by atoms with Gasteiger partial charge in [-0.05, 0) is 32.9 Å². The number of rotatable bonds is 5. The largest absolute Gasteiger partial charge is 0.357 e. The molecule has 4 rings (SSSR count). The molecule has 160 valence electrons. The Kier molecular flexibility index (Phi) is 5.43. The van der Waals surface area contributed by atoms with E-state index >= 15 is 0 Å². The maximum atomic E-state index is 4.99. The van der Waals surface area contributed by atoms with Crippen LogP contribution in [0.4, 0.5) is 11.5 Å². The molecule has 0 spiro atoms. The molecule has 0 amide bonds. The minimum atomic E-state index is -0.198. The van der Waals surface area contributed by atoms with Crippen molar-refractivity contribution in [1.82, 2.24) is 19.9 Å². The second kappa shape index (κ2) is 8.06. The highest BCUT2D eigenvalue weighted by Gasteiger charge is 2.35. The maximum Gasteiger partial charge on any atom is 0.205 e. The van der Waals surface area contributed by atoms with Gasteiger partial charge in [-0.25, -0.2) is 9.98 Å². The molecular formula is C24H29N7. The molecule has 3 aromatic rings. The molecule has 2 aromatic heterocycles. The van der Waals surface area contributed by atoms with Crippen molar-refractivity contribution in [1.29, 1.82) is 0 Å². The number of anilines is 1. The second-order valence-electron chi connectivity index (χ2n) is 8.63. The average Bonchev–Trinajstić information content (AvgIpc) is 3.31. The van der Waals surface area contributed by atoms with Crippen LogP contribution in [0.15, 0.2) is 52.6 Å². The predicted molar refractivity (Wildman–Crippen MR) is 126 cm³/mol. The van der Waals surface area contributed by atoms with Crippen LogP contribution in [0.25, 0.3) is 11.4 Å². The van der Waals surface area contributed by atoms with E-state index in [4.69, 9.17) is 15.1 Å². The van der Waals surface area contributed by atoms with Crippen molar-refractivity contribution in [3.8, 4) is 11.4 Å². The first-order chi connectivity index (χ1) is 14.8. The zero-order chi connectivity index (χ0) is 22.2. The van der Waals surface area contributed by atoms with Gasteiger partial charge in [0, 0.05) is 24.1 Å². The molecule has 1 aromatic carbocycles. The molecule has 0 atom stereocenters. The van der Waals surface area contributed by atoms with Crippen molar-refractivity contribution in [2.24, 2.45) is 15.5 Å². The summed E-state index contributed by atoms with van der Waals surface area (Å²) in [4.78, 5) is 12.0. The molecule has 31 heavy (non-hydrogen) atoms. The van der Waals surface area contributed by atoms with E-state index in [9.17, 15) is 0 Å². The van der Waals surface area contributed by atoms with E-state index in [-0.39, 0.29) is 5.41 Å². The quantitative estimate of drug-likeness (QED) is 0.595. The molecule has 0 saturated carbocycles.